The Labute approximate surface area is 161 Å². The fraction of sp³-hybridized carbons (Fsp3) is 0.400. The van der Waals surface area contributed by atoms with E-state index < -0.39 is 5.97 Å². The SMILES string of the molecule is COC(=O)/C=C/C(=O)N1CCC2(CC1)CC2c1nnc(-c2cccc(F)c2)o1. The minimum atomic E-state index is -0.547. The second-order valence-corrected chi connectivity index (χ2v) is 7.26. The first-order chi connectivity index (χ1) is 13.5. The van der Waals surface area contributed by atoms with E-state index in [1.807, 2.05) is 0 Å². The number of nitrogens with zero attached hydrogens (tertiary/aromatic N) is 3. The summed E-state index contributed by atoms with van der Waals surface area (Å²) < 4.78 is 23.7. The first-order valence-corrected chi connectivity index (χ1v) is 9.15. The molecule has 1 amide bonds. The molecule has 1 atom stereocenters. The van der Waals surface area contributed by atoms with Gasteiger partial charge in [-0.3, -0.25) is 4.79 Å². The third kappa shape index (κ3) is 3.54. The average Bonchev–Trinajstić information content (AvgIpc) is 3.17. The van der Waals surface area contributed by atoms with Crippen molar-refractivity contribution in [3.63, 3.8) is 0 Å². The number of likely N-dealkylation sites (tertiary alicyclic amines) is 1. The van der Waals surface area contributed by atoms with E-state index in [1.54, 1.807) is 17.0 Å². The Kier molecular flexibility index (Phi) is 4.70. The predicted molar refractivity (Wildman–Crippen MR) is 96.5 cm³/mol. The molecule has 1 saturated carbocycles. The van der Waals surface area contributed by atoms with Crippen LogP contribution in [-0.2, 0) is 14.3 Å². The monoisotopic (exact) mass is 385 g/mol. The van der Waals surface area contributed by atoms with Gasteiger partial charge < -0.3 is 14.1 Å². The molecule has 2 fully saturated rings. The molecule has 0 N–H and O–H groups in total. The second kappa shape index (κ2) is 7.18. The lowest BCUT2D eigenvalue weighted by Crippen LogP contribution is -2.38. The minimum absolute atomic E-state index is 0.0780. The van der Waals surface area contributed by atoms with Crippen molar-refractivity contribution in [1.82, 2.24) is 15.1 Å². The Morgan fingerprint density at radius 2 is 2.07 bits per heavy atom. The molecule has 2 aromatic rings. The molecule has 1 aliphatic heterocycles. The van der Waals surface area contributed by atoms with Crippen LogP contribution in [0.4, 0.5) is 4.39 Å². The van der Waals surface area contributed by atoms with Crippen molar-refractivity contribution in [2.24, 2.45) is 5.41 Å². The minimum Gasteiger partial charge on any atom is -0.466 e. The lowest BCUT2D eigenvalue weighted by molar-refractivity contribution is -0.135. The van der Waals surface area contributed by atoms with Gasteiger partial charge in [-0.15, -0.1) is 10.2 Å². The third-order valence-corrected chi connectivity index (χ3v) is 5.63. The summed E-state index contributed by atoms with van der Waals surface area (Å²) in [5.74, 6) is -0.0245. The summed E-state index contributed by atoms with van der Waals surface area (Å²) in [6.45, 7) is 1.23. The van der Waals surface area contributed by atoms with Crippen molar-refractivity contribution in [2.45, 2.75) is 25.2 Å². The number of halogens is 1. The Morgan fingerprint density at radius 3 is 2.79 bits per heavy atom. The van der Waals surface area contributed by atoms with Gasteiger partial charge in [0.2, 0.25) is 17.7 Å². The zero-order valence-corrected chi connectivity index (χ0v) is 15.4. The summed E-state index contributed by atoms with van der Waals surface area (Å²) >= 11 is 0. The highest BCUT2D eigenvalue weighted by Crippen LogP contribution is 2.64. The number of benzene rings is 1. The maximum atomic E-state index is 13.4. The summed E-state index contributed by atoms with van der Waals surface area (Å²) in [7, 11) is 1.27. The molecule has 146 valence electrons. The third-order valence-electron chi connectivity index (χ3n) is 5.63. The first-order valence-electron chi connectivity index (χ1n) is 9.15. The van der Waals surface area contributed by atoms with Gasteiger partial charge in [0.1, 0.15) is 5.82 Å². The highest BCUT2D eigenvalue weighted by Gasteiger charge is 2.58. The van der Waals surface area contributed by atoms with E-state index >= 15 is 0 Å². The number of methoxy groups -OCH3 is 1. The predicted octanol–water partition coefficient (Wildman–Crippen LogP) is 2.70. The van der Waals surface area contributed by atoms with Crippen LogP contribution in [0.5, 0.6) is 0 Å². The molecular formula is C20H20FN3O4. The van der Waals surface area contributed by atoms with Crippen LogP contribution in [-0.4, -0.2) is 47.2 Å². The molecule has 0 radical (unpaired) electrons. The van der Waals surface area contributed by atoms with Crippen molar-refractivity contribution in [1.29, 1.82) is 0 Å². The van der Waals surface area contributed by atoms with Gasteiger partial charge >= 0.3 is 5.97 Å². The van der Waals surface area contributed by atoms with Crippen LogP contribution in [0, 0.1) is 11.2 Å². The van der Waals surface area contributed by atoms with E-state index in [1.165, 1.54) is 25.3 Å². The normalized spacial score (nSPS) is 20.5. The number of ether oxygens (including phenoxy) is 1. The van der Waals surface area contributed by atoms with E-state index in [9.17, 15) is 14.0 Å². The van der Waals surface area contributed by atoms with E-state index in [0.717, 1.165) is 25.3 Å². The Morgan fingerprint density at radius 1 is 1.29 bits per heavy atom. The van der Waals surface area contributed by atoms with Crippen LogP contribution in [0.15, 0.2) is 40.8 Å². The van der Waals surface area contributed by atoms with Gasteiger partial charge in [-0.25, -0.2) is 9.18 Å². The van der Waals surface area contributed by atoms with Gasteiger partial charge in [0.05, 0.1) is 7.11 Å². The van der Waals surface area contributed by atoms with Gasteiger partial charge in [-0.2, -0.15) is 0 Å². The molecule has 1 aliphatic carbocycles. The van der Waals surface area contributed by atoms with Crippen molar-refractivity contribution in [3.8, 4) is 11.5 Å². The van der Waals surface area contributed by atoms with E-state index in [0.29, 0.717) is 30.4 Å². The number of rotatable bonds is 4. The highest BCUT2D eigenvalue weighted by molar-refractivity contribution is 5.94. The highest BCUT2D eigenvalue weighted by atomic mass is 19.1. The standard InChI is InChI=1S/C20H20FN3O4/c1-27-17(26)6-5-16(25)24-9-7-20(8-10-24)12-15(20)19-23-22-18(28-19)13-3-2-4-14(21)11-13/h2-6,11,15H,7-10,12H2,1H3/b6-5+. The molecule has 4 rings (SSSR count). The fourth-order valence-electron chi connectivity index (χ4n) is 3.85. The maximum absolute atomic E-state index is 13.4. The van der Waals surface area contributed by atoms with Gasteiger partial charge in [0.15, 0.2) is 0 Å². The zero-order valence-electron chi connectivity index (χ0n) is 15.4. The lowest BCUT2D eigenvalue weighted by atomic mass is 9.90. The molecule has 2 aliphatic rings. The van der Waals surface area contributed by atoms with Crippen LogP contribution in [0.2, 0.25) is 0 Å². The molecule has 2 heterocycles. The fourth-order valence-corrected chi connectivity index (χ4v) is 3.85. The number of hydrogen-bond acceptors (Lipinski definition) is 6. The Balaban J connectivity index is 1.37. The van der Waals surface area contributed by atoms with Gasteiger partial charge in [-0.1, -0.05) is 6.07 Å². The summed E-state index contributed by atoms with van der Waals surface area (Å²) in [6, 6.07) is 6.07. The van der Waals surface area contributed by atoms with Crippen LogP contribution in [0.25, 0.3) is 11.5 Å². The summed E-state index contributed by atoms with van der Waals surface area (Å²) in [5.41, 5.74) is 0.639. The molecule has 1 unspecified atom stereocenters. The van der Waals surface area contributed by atoms with Crippen molar-refractivity contribution < 1.29 is 23.1 Å². The molecule has 0 bridgehead atoms. The number of carbonyl (C=O) groups excluding carboxylic acids is 2. The zero-order chi connectivity index (χ0) is 19.7. The van der Waals surface area contributed by atoms with Crippen molar-refractivity contribution >= 4 is 11.9 Å². The van der Waals surface area contributed by atoms with E-state index in [-0.39, 0.29) is 23.1 Å². The van der Waals surface area contributed by atoms with E-state index in [2.05, 4.69) is 14.9 Å². The summed E-state index contributed by atoms with van der Waals surface area (Å²) in [5, 5.41) is 8.22. The molecule has 1 aromatic carbocycles. The molecule has 7 nitrogen and oxygen atoms in total. The largest absolute Gasteiger partial charge is 0.466 e. The second-order valence-electron chi connectivity index (χ2n) is 7.26. The quantitative estimate of drug-likeness (QED) is 0.594. The van der Waals surface area contributed by atoms with Crippen molar-refractivity contribution in [2.75, 3.05) is 20.2 Å². The van der Waals surface area contributed by atoms with Gasteiger partial charge in [0.25, 0.3) is 0 Å². The topological polar surface area (TPSA) is 85.5 Å². The van der Waals surface area contributed by atoms with Gasteiger partial charge in [-0.05, 0) is 42.9 Å². The summed E-state index contributed by atoms with van der Waals surface area (Å²) in [4.78, 5) is 25.0. The summed E-state index contributed by atoms with van der Waals surface area (Å²) in [6.07, 6.45) is 5.01. The van der Waals surface area contributed by atoms with Crippen LogP contribution in [0.1, 0.15) is 31.1 Å². The van der Waals surface area contributed by atoms with E-state index in [4.69, 9.17) is 4.42 Å². The number of carbonyl (C=O) groups is 2. The molecular weight excluding hydrogens is 365 g/mol. The molecule has 8 heteroatoms. The first kappa shape index (κ1) is 18.3. The number of piperidine rings is 1. The number of esters is 1. The van der Waals surface area contributed by atoms with Crippen LogP contribution < -0.4 is 0 Å². The Hall–Kier alpha value is -3.03. The van der Waals surface area contributed by atoms with Crippen molar-refractivity contribution in [3.05, 3.63) is 48.1 Å². The molecule has 1 spiro atoms. The molecule has 1 aromatic heterocycles. The Bertz CT molecular complexity index is 931. The lowest BCUT2D eigenvalue weighted by Gasteiger charge is -2.32. The maximum Gasteiger partial charge on any atom is 0.330 e. The smallest absolute Gasteiger partial charge is 0.330 e. The van der Waals surface area contributed by atoms with Crippen LogP contribution >= 0.6 is 0 Å². The van der Waals surface area contributed by atoms with Crippen LogP contribution in [0.3, 0.4) is 0 Å². The number of hydrogen-bond donors (Lipinski definition) is 0. The average molecular weight is 385 g/mol. The van der Waals surface area contributed by atoms with Gasteiger partial charge in [0, 0.05) is 36.7 Å². The number of aromatic nitrogens is 2. The molecule has 1 saturated heterocycles. The number of amides is 1. The molecule has 28 heavy (non-hydrogen) atoms.